The third-order valence-corrected chi connectivity index (χ3v) is 20.9. The van der Waals surface area contributed by atoms with Gasteiger partial charge in [0.05, 0.1) is 26.4 Å². The average molecular weight is 1450 g/mol. The fourth-order valence-corrected chi connectivity index (χ4v) is 13.9. The highest BCUT2D eigenvalue weighted by atomic mass is 31.2. The molecule has 0 radical (unpaired) electrons. The largest absolute Gasteiger partial charge is 0.472 e. The van der Waals surface area contributed by atoms with Crippen molar-refractivity contribution in [3.63, 3.8) is 0 Å². The van der Waals surface area contributed by atoms with Gasteiger partial charge in [0.1, 0.15) is 19.3 Å². The number of carbonyl (C=O) groups excluding carboxylic acids is 4. The van der Waals surface area contributed by atoms with Crippen molar-refractivity contribution >= 4 is 39.5 Å². The van der Waals surface area contributed by atoms with Crippen LogP contribution >= 0.6 is 15.6 Å². The van der Waals surface area contributed by atoms with Crippen molar-refractivity contribution in [2.45, 2.75) is 433 Å². The molecule has 3 unspecified atom stereocenters. The summed E-state index contributed by atoms with van der Waals surface area (Å²) in [7, 11) is -9.92. The van der Waals surface area contributed by atoms with E-state index in [-0.39, 0.29) is 25.7 Å². The smallest absolute Gasteiger partial charge is 0.462 e. The van der Waals surface area contributed by atoms with Gasteiger partial charge in [-0.3, -0.25) is 37.3 Å². The summed E-state index contributed by atoms with van der Waals surface area (Å²) >= 11 is 0. The molecular weight excluding hydrogens is 1290 g/mol. The van der Waals surface area contributed by atoms with E-state index in [9.17, 15) is 43.2 Å². The summed E-state index contributed by atoms with van der Waals surface area (Å²) in [5.41, 5.74) is 0. The number of ether oxygens (including phenoxy) is 4. The fourth-order valence-electron chi connectivity index (χ4n) is 12.3. The third kappa shape index (κ3) is 72.8. The minimum absolute atomic E-state index is 0.105. The molecule has 0 bridgehead atoms. The molecule has 588 valence electrons. The zero-order valence-corrected chi connectivity index (χ0v) is 66.8. The molecule has 0 heterocycles. The summed E-state index contributed by atoms with van der Waals surface area (Å²) in [5.74, 6) is 0.257. The number of rotatable bonds is 78. The summed E-state index contributed by atoms with van der Waals surface area (Å²) in [6.45, 7) is 12.0. The van der Waals surface area contributed by atoms with Crippen LogP contribution in [0.15, 0.2) is 0 Å². The first-order valence-electron chi connectivity index (χ1n) is 41.4. The minimum Gasteiger partial charge on any atom is -0.462 e. The molecule has 0 saturated carbocycles. The molecule has 0 aromatic heterocycles. The second kappa shape index (κ2) is 70.4. The Morgan fingerprint density at radius 1 is 0.293 bits per heavy atom. The van der Waals surface area contributed by atoms with E-state index in [1.807, 2.05) is 0 Å². The first-order chi connectivity index (χ1) is 47.8. The second-order valence-corrected chi connectivity index (χ2v) is 32.9. The number of unbranched alkanes of at least 4 members (excludes halogenated alkanes) is 45. The molecule has 0 rings (SSSR count). The lowest BCUT2D eigenvalue weighted by molar-refractivity contribution is -0.161. The normalized spacial score (nSPS) is 14.3. The summed E-state index contributed by atoms with van der Waals surface area (Å²) in [6.07, 6.45) is 58.3. The van der Waals surface area contributed by atoms with Crippen LogP contribution in [0.1, 0.15) is 414 Å². The molecule has 0 aliphatic carbocycles. The Bertz CT molecular complexity index is 1920. The maximum Gasteiger partial charge on any atom is 0.472 e. The summed E-state index contributed by atoms with van der Waals surface area (Å²) in [5, 5.41) is 10.6. The molecule has 0 aliphatic rings. The highest BCUT2D eigenvalue weighted by Gasteiger charge is 2.30. The van der Waals surface area contributed by atoms with Crippen molar-refractivity contribution < 1.29 is 80.2 Å². The van der Waals surface area contributed by atoms with E-state index in [4.69, 9.17) is 37.0 Å². The molecular formula is C80H156O17P2. The van der Waals surface area contributed by atoms with Gasteiger partial charge in [0.25, 0.3) is 0 Å². The minimum atomic E-state index is -4.96. The van der Waals surface area contributed by atoms with E-state index in [1.54, 1.807) is 0 Å². The zero-order valence-electron chi connectivity index (χ0n) is 65.0. The first-order valence-corrected chi connectivity index (χ1v) is 44.4. The zero-order chi connectivity index (χ0) is 73.0. The Kier molecular flexibility index (Phi) is 69.0. The van der Waals surface area contributed by atoms with E-state index in [1.165, 1.54) is 225 Å². The van der Waals surface area contributed by atoms with Gasteiger partial charge in [-0.1, -0.05) is 363 Å². The van der Waals surface area contributed by atoms with Gasteiger partial charge in [-0.25, -0.2) is 9.13 Å². The molecule has 0 aromatic carbocycles. The van der Waals surface area contributed by atoms with Crippen LogP contribution in [0.5, 0.6) is 0 Å². The number of carbonyl (C=O) groups is 4. The molecule has 19 heteroatoms. The monoisotopic (exact) mass is 1450 g/mol. The van der Waals surface area contributed by atoms with Gasteiger partial charge in [-0.15, -0.1) is 0 Å². The predicted octanol–water partition coefficient (Wildman–Crippen LogP) is 23.7. The van der Waals surface area contributed by atoms with Gasteiger partial charge in [0, 0.05) is 25.7 Å². The van der Waals surface area contributed by atoms with E-state index in [0.717, 1.165) is 108 Å². The number of phosphoric acid groups is 2. The lowest BCUT2D eigenvalue weighted by atomic mass is 9.99. The van der Waals surface area contributed by atoms with Crippen LogP contribution in [0.4, 0.5) is 0 Å². The summed E-state index contributed by atoms with van der Waals surface area (Å²) in [4.78, 5) is 72.9. The van der Waals surface area contributed by atoms with Crippen LogP contribution in [0.3, 0.4) is 0 Å². The third-order valence-electron chi connectivity index (χ3n) is 19.0. The topological polar surface area (TPSA) is 237 Å². The molecule has 3 N–H and O–H groups in total. The second-order valence-electron chi connectivity index (χ2n) is 30.0. The standard InChI is InChI=1S/C80H156O17P2/c1-8-10-11-12-13-14-25-32-40-47-54-61-77(82)90-68-76(97-80(85)64-57-50-43-36-35-38-45-52-59-72(5)6)70-95-99(88,89)93-66-74(81)65-92-98(86,87)94-69-75(67-91-78(83)62-55-48-41-33-28-24-23-26-30-37-44-51-58-71(3)4)96-79(84)63-56-49-42-34-29-22-20-18-16-15-17-19-21-27-31-39-46-53-60-73(7)9-2/h71-76,81H,8-70H2,1-7H3,(H,86,87)(H,88,89)/t73?,74-,75-,76-/m1/s1. The van der Waals surface area contributed by atoms with Crippen molar-refractivity contribution in [1.82, 2.24) is 0 Å². The van der Waals surface area contributed by atoms with Gasteiger partial charge in [-0.2, -0.15) is 0 Å². The Hall–Kier alpha value is -1.94. The molecule has 0 aliphatic heterocycles. The average Bonchev–Trinajstić information content (AvgIpc) is 0.995. The van der Waals surface area contributed by atoms with Crippen LogP contribution in [0.2, 0.25) is 0 Å². The highest BCUT2D eigenvalue weighted by molar-refractivity contribution is 7.47. The summed E-state index contributed by atoms with van der Waals surface area (Å²) in [6, 6.07) is 0. The number of aliphatic hydroxyl groups excluding tert-OH is 1. The Labute approximate surface area is 607 Å². The highest BCUT2D eigenvalue weighted by Crippen LogP contribution is 2.45. The molecule has 99 heavy (non-hydrogen) atoms. The number of hydrogen-bond donors (Lipinski definition) is 3. The maximum absolute atomic E-state index is 13.1. The van der Waals surface area contributed by atoms with Crippen molar-refractivity contribution in [2.24, 2.45) is 17.8 Å². The van der Waals surface area contributed by atoms with Crippen LogP contribution in [-0.4, -0.2) is 96.7 Å². The number of hydrogen-bond acceptors (Lipinski definition) is 15. The predicted molar refractivity (Wildman–Crippen MR) is 405 cm³/mol. The molecule has 0 spiro atoms. The van der Waals surface area contributed by atoms with Gasteiger partial charge in [0.15, 0.2) is 12.2 Å². The lowest BCUT2D eigenvalue weighted by Crippen LogP contribution is -2.30. The van der Waals surface area contributed by atoms with Gasteiger partial charge in [0.2, 0.25) is 0 Å². The first kappa shape index (κ1) is 97.1. The van der Waals surface area contributed by atoms with E-state index >= 15 is 0 Å². The lowest BCUT2D eigenvalue weighted by Gasteiger charge is -2.21. The van der Waals surface area contributed by atoms with E-state index in [0.29, 0.717) is 25.7 Å². The van der Waals surface area contributed by atoms with Gasteiger partial charge >= 0.3 is 39.5 Å². The molecule has 0 fully saturated rings. The van der Waals surface area contributed by atoms with Crippen LogP contribution in [-0.2, 0) is 65.4 Å². The van der Waals surface area contributed by atoms with Crippen molar-refractivity contribution in [2.75, 3.05) is 39.6 Å². The molecule has 0 aromatic rings. The number of esters is 4. The Balaban J connectivity index is 5.21. The Morgan fingerprint density at radius 2 is 0.515 bits per heavy atom. The Morgan fingerprint density at radius 3 is 0.768 bits per heavy atom. The van der Waals surface area contributed by atoms with E-state index < -0.39 is 97.5 Å². The maximum atomic E-state index is 13.1. The van der Waals surface area contributed by atoms with Crippen molar-refractivity contribution in [1.29, 1.82) is 0 Å². The SMILES string of the molecule is CCCCCCCCCCCCCC(=O)OC[C@H](COP(=O)(O)OC[C@H](O)COP(=O)(O)OC[C@@H](COC(=O)CCCCCCCCCCCCCCC(C)C)OC(=O)CCCCCCCCCCCCCCCCCCCCC(C)CC)OC(=O)CCCCCCCCCCC(C)C. The number of aliphatic hydroxyl groups is 1. The molecule has 0 saturated heterocycles. The molecule has 17 nitrogen and oxygen atoms in total. The quantitative estimate of drug-likeness (QED) is 0.0222. The van der Waals surface area contributed by atoms with Crippen molar-refractivity contribution in [3.8, 4) is 0 Å². The van der Waals surface area contributed by atoms with Gasteiger partial charge < -0.3 is 33.8 Å². The van der Waals surface area contributed by atoms with Crippen LogP contribution < -0.4 is 0 Å². The summed E-state index contributed by atoms with van der Waals surface area (Å²) < 4.78 is 68.6. The van der Waals surface area contributed by atoms with Gasteiger partial charge in [-0.05, 0) is 43.4 Å². The number of phosphoric ester groups is 2. The molecule has 6 atom stereocenters. The van der Waals surface area contributed by atoms with Crippen LogP contribution in [0, 0.1) is 17.8 Å². The van der Waals surface area contributed by atoms with E-state index in [2.05, 4.69) is 48.5 Å². The molecule has 0 amide bonds. The fraction of sp³-hybridized carbons (Fsp3) is 0.950. The van der Waals surface area contributed by atoms with Crippen molar-refractivity contribution in [3.05, 3.63) is 0 Å². The van der Waals surface area contributed by atoms with Crippen LogP contribution in [0.25, 0.3) is 0 Å².